The zero-order chi connectivity index (χ0) is 20.9. The SMILES string of the molecule is Cc1cccc(C2CC(C(=O)NCC3CC3)CN(C(=O)NCc3ccccc3)C2)c1. The van der Waals surface area contributed by atoms with Gasteiger partial charge in [0.05, 0.1) is 5.92 Å². The first kappa shape index (κ1) is 20.5. The van der Waals surface area contributed by atoms with E-state index in [2.05, 4.69) is 41.8 Å². The van der Waals surface area contributed by atoms with Gasteiger partial charge in [-0.1, -0.05) is 60.2 Å². The fraction of sp³-hybridized carbons (Fsp3) is 0.440. The number of carbonyl (C=O) groups excluding carboxylic acids is 2. The molecule has 2 aromatic rings. The van der Waals surface area contributed by atoms with Gasteiger partial charge in [-0.15, -0.1) is 0 Å². The van der Waals surface area contributed by atoms with Gasteiger partial charge in [-0.25, -0.2) is 4.79 Å². The molecule has 1 heterocycles. The number of hydrogen-bond donors (Lipinski definition) is 2. The Bertz CT molecular complexity index is 879. The van der Waals surface area contributed by atoms with Crippen molar-refractivity contribution in [3.63, 3.8) is 0 Å². The van der Waals surface area contributed by atoms with Crippen LogP contribution in [0.15, 0.2) is 54.6 Å². The van der Waals surface area contributed by atoms with Crippen LogP contribution in [0.2, 0.25) is 0 Å². The van der Waals surface area contributed by atoms with Gasteiger partial charge in [0, 0.05) is 32.1 Å². The lowest BCUT2D eigenvalue weighted by atomic mass is 9.83. The summed E-state index contributed by atoms with van der Waals surface area (Å²) in [4.78, 5) is 27.6. The third-order valence-corrected chi connectivity index (χ3v) is 6.17. The molecule has 1 aliphatic carbocycles. The standard InChI is InChI=1S/C25H31N3O2/c1-18-6-5-9-21(12-18)22-13-23(24(29)26-14-20-10-11-20)17-28(16-22)25(30)27-15-19-7-3-2-4-8-19/h2-9,12,20,22-23H,10-11,13-17H2,1H3,(H,26,29)(H,27,30). The molecule has 2 aromatic carbocycles. The summed E-state index contributed by atoms with van der Waals surface area (Å²) in [5.74, 6) is 0.721. The molecule has 5 nitrogen and oxygen atoms in total. The Morgan fingerprint density at radius 3 is 2.53 bits per heavy atom. The van der Waals surface area contributed by atoms with E-state index in [0.29, 0.717) is 25.6 Å². The molecule has 0 spiro atoms. The molecule has 0 radical (unpaired) electrons. The molecule has 1 saturated carbocycles. The largest absolute Gasteiger partial charge is 0.356 e. The maximum atomic E-state index is 12.9. The van der Waals surface area contributed by atoms with Gasteiger partial charge in [0.25, 0.3) is 0 Å². The molecule has 5 heteroatoms. The summed E-state index contributed by atoms with van der Waals surface area (Å²) in [6.45, 7) is 4.45. The number of piperidine rings is 1. The number of benzene rings is 2. The van der Waals surface area contributed by atoms with E-state index in [1.165, 1.54) is 24.0 Å². The molecule has 30 heavy (non-hydrogen) atoms. The average molecular weight is 406 g/mol. The fourth-order valence-electron chi connectivity index (χ4n) is 4.22. The minimum Gasteiger partial charge on any atom is -0.356 e. The van der Waals surface area contributed by atoms with Gasteiger partial charge in [0.15, 0.2) is 0 Å². The molecular formula is C25H31N3O2. The van der Waals surface area contributed by atoms with E-state index in [-0.39, 0.29) is 23.8 Å². The Hall–Kier alpha value is -2.82. The monoisotopic (exact) mass is 405 g/mol. The maximum Gasteiger partial charge on any atom is 0.317 e. The van der Waals surface area contributed by atoms with Crippen molar-refractivity contribution in [2.75, 3.05) is 19.6 Å². The van der Waals surface area contributed by atoms with Crippen molar-refractivity contribution in [1.82, 2.24) is 15.5 Å². The molecule has 2 N–H and O–H groups in total. The van der Waals surface area contributed by atoms with E-state index in [0.717, 1.165) is 18.5 Å². The number of urea groups is 1. The number of amides is 3. The van der Waals surface area contributed by atoms with Crippen molar-refractivity contribution in [1.29, 1.82) is 0 Å². The van der Waals surface area contributed by atoms with Crippen LogP contribution in [-0.2, 0) is 11.3 Å². The maximum absolute atomic E-state index is 12.9. The zero-order valence-electron chi connectivity index (χ0n) is 17.6. The first-order valence-electron chi connectivity index (χ1n) is 11.0. The Balaban J connectivity index is 1.44. The highest BCUT2D eigenvalue weighted by atomic mass is 16.2. The Morgan fingerprint density at radius 2 is 1.80 bits per heavy atom. The van der Waals surface area contributed by atoms with Crippen molar-refractivity contribution >= 4 is 11.9 Å². The van der Waals surface area contributed by atoms with Crippen LogP contribution >= 0.6 is 0 Å². The molecule has 2 unspecified atom stereocenters. The van der Waals surface area contributed by atoms with E-state index in [1.54, 1.807) is 0 Å². The van der Waals surface area contributed by atoms with E-state index in [9.17, 15) is 9.59 Å². The number of rotatable bonds is 6. The van der Waals surface area contributed by atoms with Crippen LogP contribution in [-0.4, -0.2) is 36.5 Å². The number of carbonyl (C=O) groups is 2. The summed E-state index contributed by atoms with van der Waals surface area (Å²) < 4.78 is 0. The summed E-state index contributed by atoms with van der Waals surface area (Å²) in [5.41, 5.74) is 3.47. The Labute approximate surface area is 178 Å². The highest BCUT2D eigenvalue weighted by Gasteiger charge is 2.35. The van der Waals surface area contributed by atoms with E-state index >= 15 is 0 Å². The van der Waals surface area contributed by atoms with Gasteiger partial charge in [-0.2, -0.15) is 0 Å². The first-order chi connectivity index (χ1) is 14.6. The number of nitrogens with one attached hydrogen (secondary N) is 2. The number of aryl methyl sites for hydroxylation is 1. The van der Waals surface area contributed by atoms with Crippen LogP contribution in [0.3, 0.4) is 0 Å². The summed E-state index contributed by atoms with van der Waals surface area (Å²) in [6, 6.07) is 18.2. The fourth-order valence-corrected chi connectivity index (χ4v) is 4.22. The van der Waals surface area contributed by atoms with Crippen molar-refractivity contribution in [3.05, 3.63) is 71.3 Å². The predicted molar refractivity (Wildman–Crippen MR) is 118 cm³/mol. The van der Waals surface area contributed by atoms with Gasteiger partial charge in [-0.3, -0.25) is 4.79 Å². The molecule has 158 valence electrons. The van der Waals surface area contributed by atoms with Crippen molar-refractivity contribution in [2.45, 2.75) is 38.6 Å². The molecule has 2 atom stereocenters. The second kappa shape index (κ2) is 9.33. The molecule has 1 aliphatic heterocycles. The Kier molecular flexibility index (Phi) is 6.36. The third kappa shape index (κ3) is 5.41. The zero-order valence-corrected chi connectivity index (χ0v) is 17.6. The van der Waals surface area contributed by atoms with E-state index in [4.69, 9.17) is 0 Å². The molecule has 1 saturated heterocycles. The van der Waals surface area contributed by atoms with Crippen LogP contribution in [0.5, 0.6) is 0 Å². The van der Waals surface area contributed by atoms with Gasteiger partial charge in [0.1, 0.15) is 0 Å². The first-order valence-corrected chi connectivity index (χ1v) is 11.0. The second-order valence-corrected chi connectivity index (χ2v) is 8.78. The van der Waals surface area contributed by atoms with E-state index in [1.807, 2.05) is 35.2 Å². The highest BCUT2D eigenvalue weighted by molar-refractivity contribution is 5.81. The predicted octanol–water partition coefficient (Wildman–Crippen LogP) is 3.84. The van der Waals surface area contributed by atoms with Crippen LogP contribution in [0.4, 0.5) is 4.79 Å². The molecule has 0 aromatic heterocycles. The normalized spacial score (nSPS) is 21.2. The molecule has 4 rings (SSSR count). The third-order valence-electron chi connectivity index (χ3n) is 6.17. The molecule has 0 bridgehead atoms. The van der Waals surface area contributed by atoms with Gasteiger partial charge in [0.2, 0.25) is 5.91 Å². The lowest BCUT2D eigenvalue weighted by Gasteiger charge is -2.37. The molecule has 2 fully saturated rings. The van der Waals surface area contributed by atoms with Gasteiger partial charge in [-0.05, 0) is 43.2 Å². The summed E-state index contributed by atoms with van der Waals surface area (Å²) in [5, 5.41) is 6.14. The quantitative estimate of drug-likeness (QED) is 0.767. The van der Waals surface area contributed by atoms with Gasteiger partial charge >= 0.3 is 6.03 Å². The smallest absolute Gasteiger partial charge is 0.317 e. The topological polar surface area (TPSA) is 61.4 Å². The summed E-state index contributed by atoms with van der Waals surface area (Å²) >= 11 is 0. The van der Waals surface area contributed by atoms with Crippen LogP contribution < -0.4 is 10.6 Å². The average Bonchev–Trinajstić information content (AvgIpc) is 3.61. The second-order valence-electron chi connectivity index (χ2n) is 8.78. The lowest BCUT2D eigenvalue weighted by Crippen LogP contribution is -2.51. The van der Waals surface area contributed by atoms with Gasteiger partial charge < -0.3 is 15.5 Å². The lowest BCUT2D eigenvalue weighted by molar-refractivity contribution is -0.126. The number of likely N-dealkylation sites (tertiary alicyclic amines) is 1. The number of nitrogens with zero attached hydrogens (tertiary/aromatic N) is 1. The van der Waals surface area contributed by atoms with Crippen molar-refractivity contribution < 1.29 is 9.59 Å². The summed E-state index contributed by atoms with van der Waals surface area (Å²) in [7, 11) is 0. The molecular weight excluding hydrogens is 374 g/mol. The summed E-state index contributed by atoms with van der Waals surface area (Å²) in [6.07, 6.45) is 3.21. The number of hydrogen-bond acceptors (Lipinski definition) is 2. The molecule has 2 aliphatic rings. The van der Waals surface area contributed by atoms with Crippen molar-refractivity contribution in [2.24, 2.45) is 11.8 Å². The minimum absolute atomic E-state index is 0.0834. The van der Waals surface area contributed by atoms with Crippen molar-refractivity contribution in [3.8, 4) is 0 Å². The highest BCUT2D eigenvalue weighted by Crippen LogP contribution is 2.32. The minimum atomic E-state index is -0.175. The van der Waals surface area contributed by atoms with Crippen LogP contribution in [0.1, 0.15) is 41.9 Å². The molecule has 3 amide bonds. The van der Waals surface area contributed by atoms with Crippen LogP contribution in [0, 0.1) is 18.8 Å². The van der Waals surface area contributed by atoms with Crippen LogP contribution in [0.25, 0.3) is 0 Å². The Morgan fingerprint density at radius 1 is 1.00 bits per heavy atom. The van der Waals surface area contributed by atoms with E-state index < -0.39 is 0 Å².